The number of H-pyrrole nitrogens is 1. The van der Waals surface area contributed by atoms with Crippen molar-refractivity contribution in [3.05, 3.63) is 16.3 Å². The molecule has 1 aromatic heterocycles. The number of nitrogens with two attached hydrogens (primary N) is 1. The molecule has 0 aliphatic heterocycles. The molecule has 5 heteroatoms. The molecule has 5 nitrogen and oxygen atoms in total. The molecule has 0 aromatic carbocycles. The Morgan fingerprint density at radius 2 is 2.40 bits per heavy atom. The van der Waals surface area contributed by atoms with Gasteiger partial charge in [0.15, 0.2) is 5.82 Å². The number of aromatic amines is 1. The van der Waals surface area contributed by atoms with Crippen molar-refractivity contribution in [3.63, 3.8) is 0 Å². The van der Waals surface area contributed by atoms with E-state index >= 15 is 0 Å². The van der Waals surface area contributed by atoms with E-state index in [9.17, 15) is 4.79 Å². The third-order valence-electron chi connectivity index (χ3n) is 3.10. The monoisotopic (exact) mass is 210 g/mol. The van der Waals surface area contributed by atoms with Gasteiger partial charge in [-0.05, 0) is 25.7 Å². The van der Waals surface area contributed by atoms with Crippen LogP contribution in [0.1, 0.15) is 56.9 Å². The van der Waals surface area contributed by atoms with E-state index in [1.165, 1.54) is 6.42 Å². The molecule has 1 atom stereocenters. The molecular formula is C10H18N4O. The zero-order valence-corrected chi connectivity index (χ0v) is 9.07. The van der Waals surface area contributed by atoms with Crippen molar-refractivity contribution < 1.29 is 0 Å². The Bertz CT molecular complexity index is 377. The smallest absolute Gasteiger partial charge is 0.321 e. The van der Waals surface area contributed by atoms with E-state index in [2.05, 4.69) is 17.1 Å². The molecular weight excluding hydrogens is 192 g/mol. The van der Waals surface area contributed by atoms with Crippen LogP contribution in [0.2, 0.25) is 0 Å². The Kier molecular flexibility index (Phi) is 2.90. The van der Waals surface area contributed by atoms with Crippen molar-refractivity contribution >= 4 is 0 Å². The normalized spacial score (nSPS) is 18.8. The number of nitrogens with one attached hydrogen (secondary N) is 1. The average Bonchev–Trinajstić information content (AvgIpc) is 2.47. The van der Waals surface area contributed by atoms with E-state index in [4.69, 9.17) is 5.73 Å². The zero-order chi connectivity index (χ0) is 10.8. The second-order valence-corrected chi connectivity index (χ2v) is 4.24. The van der Waals surface area contributed by atoms with E-state index in [1.54, 1.807) is 4.57 Å². The van der Waals surface area contributed by atoms with Crippen LogP contribution in [0.5, 0.6) is 0 Å². The Balaban J connectivity index is 2.26. The van der Waals surface area contributed by atoms with Gasteiger partial charge >= 0.3 is 5.69 Å². The molecule has 0 saturated heterocycles. The first-order valence-corrected chi connectivity index (χ1v) is 5.66. The summed E-state index contributed by atoms with van der Waals surface area (Å²) in [7, 11) is 0. The van der Waals surface area contributed by atoms with Gasteiger partial charge in [-0.25, -0.2) is 9.89 Å². The average molecular weight is 210 g/mol. The summed E-state index contributed by atoms with van der Waals surface area (Å²) in [6.45, 7) is 2.08. The highest BCUT2D eigenvalue weighted by molar-refractivity contribution is 4.98. The maximum atomic E-state index is 11.6. The van der Waals surface area contributed by atoms with Crippen LogP contribution < -0.4 is 11.4 Å². The summed E-state index contributed by atoms with van der Waals surface area (Å²) in [6, 6.07) is 0.212. The van der Waals surface area contributed by atoms with Crippen molar-refractivity contribution in [2.45, 2.75) is 51.1 Å². The fraction of sp³-hybridized carbons (Fsp3) is 0.800. The van der Waals surface area contributed by atoms with E-state index in [1.807, 2.05) is 0 Å². The first-order chi connectivity index (χ1) is 7.24. The first-order valence-electron chi connectivity index (χ1n) is 5.66. The third-order valence-corrected chi connectivity index (χ3v) is 3.10. The van der Waals surface area contributed by atoms with Crippen molar-refractivity contribution in [2.24, 2.45) is 5.73 Å². The topological polar surface area (TPSA) is 76.7 Å². The molecule has 3 N–H and O–H groups in total. The summed E-state index contributed by atoms with van der Waals surface area (Å²) in [5.74, 6) is 0.728. The molecule has 1 aliphatic carbocycles. The van der Waals surface area contributed by atoms with Crippen LogP contribution in [0.25, 0.3) is 0 Å². The predicted octanol–water partition coefficient (Wildman–Crippen LogP) is 1.10. The van der Waals surface area contributed by atoms with Crippen LogP contribution in [0.15, 0.2) is 4.79 Å². The van der Waals surface area contributed by atoms with Gasteiger partial charge in [0.1, 0.15) is 0 Å². The highest BCUT2D eigenvalue weighted by Crippen LogP contribution is 2.32. The third kappa shape index (κ3) is 1.84. The second kappa shape index (κ2) is 4.18. The molecule has 0 spiro atoms. The molecule has 1 unspecified atom stereocenters. The SMILES string of the molecule is CCCC(N)c1n[nH]c(=O)n1C1CCC1. The molecule has 1 heterocycles. The lowest BCUT2D eigenvalue weighted by atomic mass is 9.92. The van der Waals surface area contributed by atoms with Gasteiger partial charge in [-0.3, -0.25) is 4.57 Å². The van der Waals surface area contributed by atoms with Gasteiger partial charge in [-0.15, -0.1) is 0 Å². The van der Waals surface area contributed by atoms with Crippen LogP contribution in [-0.2, 0) is 0 Å². The minimum absolute atomic E-state index is 0.110. The maximum Gasteiger partial charge on any atom is 0.343 e. The second-order valence-electron chi connectivity index (χ2n) is 4.24. The molecule has 0 amide bonds. The fourth-order valence-electron chi connectivity index (χ4n) is 2.02. The van der Waals surface area contributed by atoms with Gasteiger partial charge < -0.3 is 5.73 Å². The Labute approximate surface area is 88.7 Å². The highest BCUT2D eigenvalue weighted by atomic mass is 16.1. The van der Waals surface area contributed by atoms with Gasteiger partial charge in [0, 0.05) is 6.04 Å². The van der Waals surface area contributed by atoms with Crippen LogP contribution in [0.3, 0.4) is 0 Å². The van der Waals surface area contributed by atoms with Crippen molar-refractivity contribution in [1.82, 2.24) is 14.8 Å². The Hall–Kier alpha value is -1.10. The molecule has 1 aromatic rings. The van der Waals surface area contributed by atoms with Crippen LogP contribution in [-0.4, -0.2) is 14.8 Å². The molecule has 2 rings (SSSR count). The van der Waals surface area contributed by atoms with Gasteiger partial charge in [-0.2, -0.15) is 5.10 Å². The summed E-state index contributed by atoms with van der Waals surface area (Å²) in [5.41, 5.74) is 5.88. The molecule has 0 radical (unpaired) electrons. The minimum Gasteiger partial charge on any atom is -0.321 e. The predicted molar refractivity (Wildman–Crippen MR) is 57.6 cm³/mol. The van der Waals surface area contributed by atoms with Gasteiger partial charge in [-0.1, -0.05) is 13.3 Å². The lowest BCUT2D eigenvalue weighted by Gasteiger charge is -2.27. The lowest BCUT2D eigenvalue weighted by Crippen LogP contribution is -2.30. The summed E-state index contributed by atoms with van der Waals surface area (Å²) < 4.78 is 1.75. The molecule has 1 saturated carbocycles. The number of hydrogen-bond acceptors (Lipinski definition) is 3. The number of hydrogen-bond donors (Lipinski definition) is 2. The Morgan fingerprint density at radius 3 is 2.93 bits per heavy atom. The van der Waals surface area contributed by atoms with Crippen LogP contribution in [0.4, 0.5) is 0 Å². The molecule has 1 aliphatic rings. The fourth-order valence-corrected chi connectivity index (χ4v) is 2.02. The highest BCUT2D eigenvalue weighted by Gasteiger charge is 2.26. The van der Waals surface area contributed by atoms with Crippen molar-refractivity contribution in [2.75, 3.05) is 0 Å². The van der Waals surface area contributed by atoms with E-state index in [0.717, 1.165) is 31.5 Å². The molecule has 15 heavy (non-hydrogen) atoms. The number of rotatable bonds is 4. The summed E-state index contributed by atoms with van der Waals surface area (Å²) >= 11 is 0. The summed E-state index contributed by atoms with van der Waals surface area (Å²) in [4.78, 5) is 11.6. The summed E-state index contributed by atoms with van der Waals surface area (Å²) in [5, 5.41) is 6.54. The maximum absolute atomic E-state index is 11.6. The Morgan fingerprint density at radius 1 is 1.67 bits per heavy atom. The minimum atomic E-state index is -0.116. The van der Waals surface area contributed by atoms with Crippen molar-refractivity contribution in [3.8, 4) is 0 Å². The quantitative estimate of drug-likeness (QED) is 0.781. The standard InChI is InChI=1S/C10H18N4O/c1-2-4-8(11)9-12-13-10(15)14(9)7-5-3-6-7/h7-8H,2-6,11H2,1H3,(H,13,15). The molecule has 0 bridgehead atoms. The zero-order valence-electron chi connectivity index (χ0n) is 9.07. The van der Waals surface area contributed by atoms with E-state index in [0.29, 0.717) is 6.04 Å². The largest absolute Gasteiger partial charge is 0.343 e. The van der Waals surface area contributed by atoms with Gasteiger partial charge in [0.2, 0.25) is 0 Å². The van der Waals surface area contributed by atoms with Crippen LogP contribution >= 0.6 is 0 Å². The summed E-state index contributed by atoms with van der Waals surface area (Å²) in [6.07, 6.45) is 5.23. The number of nitrogens with zero attached hydrogens (tertiary/aromatic N) is 2. The van der Waals surface area contributed by atoms with E-state index in [-0.39, 0.29) is 11.7 Å². The van der Waals surface area contributed by atoms with Crippen molar-refractivity contribution in [1.29, 1.82) is 0 Å². The van der Waals surface area contributed by atoms with E-state index < -0.39 is 0 Å². The number of aromatic nitrogens is 3. The van der Waals surface area contributed by atoms with Gasteiger partial charge in [0.05, 0.1) is 6.04 Å². The van der Waals surface area contributed by atoms with Crippen LogP contribution in [0, 0.1) is 0 Å². The lowest BCUT2D eigenvalue weighted by molar-refractivity contribution is 0.294. The van der Waals surface area contributed by atoms with Gasteiger partial charge in [0.25, 0.3) is 0 Å². The first kappa shape index (κ1) is 10.4. The molecule has 1 fully saturated rings. The molecule has 84 valence electrons.